The van der Waals surface area contributed by atoms with Gasteiger partial charge in [0.15, 0.2) is 0 Å². The van der Waals surface area contributed by atoms with E-state index in [9.17, 15) is 0 Å². The molecule has 0 bridgehead atoms. The maximum absolute atomic E-state index is 2.62. The van der Waals surface area contributed by atoms with Crippen LogP contribution in [0.2, 0.25) is 0 Å². The molecule has 12 aromatic rings. The standard InChI is InChI=1S/C69H57N/c1-7-46-40-64(43(4)34-61(46)67-55-28-16-10-22-49(55)37-50-23-11-17-29-56(50)67)70(65-41-47(8-2)62(35-44(65)5)68-57-30-18-12-24-51(57)38-52-25-13-19-31-58(52)68)66-42-48(9-3)63(36-45(66)6)69-59-32-20-14-26-53(59)39-54-27-15-21-33-60(54)69/h10-42H,7-9H2,1-6H3. The van der Waals surface area contributed by atoms with Gasteiger partial charge in [0.05, 0.1) is 0 Å². The van der Waals surface area contributed by atoms with Crippen LogP contribution in [0.5, 0.6) is 0 Å². The molecule has 0 amide bonds. The second-order valence-electron chi connectivity index (χ2n) is 19.4. The van der Waals surface area contributed by atoms with Crippen LogP contribution < -0.4 is 4.90 Å². The van der Waals surface area contributed by atoms with E-state index >= 15 is 0 Å². The summed E-state index contributed by atoms with van der Waals surface area (Å²) in [4.78, 5) is 2.62. The van der Waals surface area contributed by atoms with E-state index in [1.807, 2.05) is 0 Å². The second kappa shape index (κ2) is 17.5. The van der Waals surface area contributed by atoms with Crippen LogP contribution in [0.1, 0.15) is 54.2 Å². The lowest BCUT2D eigenvalue weighted by Gasteiger charge is -2.33. The Labute approximate surface area is 412 Å². The summed E-state index contributed by atoms with van der Waals surface area (Å²) in [5.41, 5.74) is 19.3. The highest BCUT2D eigenvalue weighted by Gasteiger charge is 2.26. The molecule has 0 N–H and O–H groups in total. The molecule has 0 aliphatic heterocycles. The Balaban J connectivity index is 1.13. The van der Waals surface area contributed by atoms with Crippen molar-refractivity contribution in [2.24, 2.45) is 0 Å². The number of anilines is 3. The lowest BCUT2D eigenvalue weighted by atomic mass is 9.86. The molecule has 338 valence electrons. The predicted molar refractivity (Wildman–Crippen MR) is 305 cm³/mol. The van der Waals surface area contributed by atoms with Crippen LogP contribution >= 0.6 is 0 Å². The van der Waals surface area contributed by atoms with E-state index in [1.165, 1.54) is 148 Å². The molecule has 0 radical (unpaired) electrons. The summed E-state index contributed by atoms with van der Waals surface area (Å²) >= 11 is 0. The minimum absolute atomic E-state index is 0.895. The molecule has 12 aromatic carbocycles. The second-order valence-corrected chi connectivity index (χ2v) is 19.4. The van der Waals surface area contributed by atoms with E-state index in [2.05, 4.69) is 247 Å². The predicted octanol–water partition coefficient (Wildman–Crippen LogP) is 19.7. The summed E-state index contributed by atoms with van der Waals surface area (Å²) in [6.45, 7) is 14.0. The van der Waals surface area contributed by atoms with Crippen LogP contribution in [-0.2, 0) is 19.3 Å². The van der Waals surface area contributed by atoms with Crippen molar-refractivity contribution in [2.75, 3.05) is 4.90 Å². The minimum atomic E-state index is 0.895. The molecule has 0 atom stereocenters. The summed E-state index contributed by atoms with van der Waals surface area (Å²) < 4.78 is 0. The monoisotopic (exact) mass is 899 g/mol. The molecule has 1 nitrogen and oxygen atoms in total. The van der Waals surface area contributed by atoms with Crippen LogP contribution in [0.4, 0.5) is 17.1 Å². The first-order chi connectivity index (χ1) is 34.3. The number of nitrogens with zero attached hydrogens (tertiary/aromatic N) is 1. The molecule has 0 unspecified atom stereocenters. The van der Waals surface area contributed by atoms with Crippen molar-refractivity contribution in [3.63, 3.8) is 0 Å². The summed E-state index contributed by atoms with van der Waals surface area (Å²) in [5.74, 6) is 0. The van der Waals surface area contributed by atoms with E-state index in [0.29, 0.717) is 0 Å². The van der Waals surface area contributed by atoms with Crippen molar-refractivity contribution in [3.8, 4) is 33.4 Å². The summed E-state index contributed by atoms with van der Waals surface area (Å²) in [6.07, 6.45) is 2.69. The molecule has 0 fully saturated rings. The molecule has 0 saturated carbocycles. The first kappa shape index (κ1) is 43.3. The fourth-order valence-electron chi connectivity index (χ4n) is 11.8. The van der Waals surface area contributed by atoms with Gasteiger partial charge in [-0.2, -0.15) is 0 Å². The fourth-order valence-corrected chi connectivity index (χ4v) is 11.8. The highest BCUT2D eigenvalue weighted by Crippen LogP contribution is 2.49. The van der Waals surface area contributed by atoms with Crippen molar-refractivity contribution < 1.29 is 0 Å². The number of hydrogen-bond donors (Lipinski definition) is 0. The Kier molecular flexibility index (Phi) is 10.8. The molecule has 0 aromatic heterocycles. The van der Waals surface area contributed by atoms with E-state index in [1.54, 1.807) is 0 Å². The molecule has 0 aliphatic carbocycles. The Hall–Kier alpha value is -8.00. The summed E-state index contributed by atoms with van der Waals surface area (Å²) in [7, 11) is 0. The van der Waals surface area contributed by atoms with Crippen LogP contribution in [0.3, 0.4) is 0 Å². The van der Waals surface area contributed by atoms with Crippen molar-refractivity contribution in [2.45, 2.75) is 60.8 Å². The normalized spacial score (nSPS) is 11.7. The third-order valence-corrected chi connectivity index (χ3v) is 15.3. The zero-order chi connectivity index (χ0) is 47.6. The number of rotatable bonds is 9. The van der Waals surface area contributed by atoms with Gasteiger partial charge < -0.3 is 4.90 Å². The molecule has 1 heteroatoms. The van der Waals surface area contributed by atoms with E-state index in [-0.39, 0.29) is 0 Å². The van der Waals surface area contributed by atoms with Gasteiger partial charge in [-0.3, -0.25) is 0 Å². The molecule has 12 rings (SSSR count). The van der Waals surface area contributed by atoms with Gasteiger partial charge in [0, 0.05) is 17.1 Å². The fraction of sp³-hybridized carbons (Fsp3) is 0.130. The van der Waals surface area contributed by atoms with Crippen molar-refractivity contribution in [1.29, 1.82) is 0 Å². The van der Waals surface area contributed by atoms with Gasteiger partial charge in [-0.25, -0.2) is 0 Å². The van der Waals surface area contributed by atoms with Crippen LogP contribution in [-0.4, -0.2) is 0 Å². The van der Waals surface area contributed by atoms with Gasteiger partial charge >= 0.3 is 0 Å². The van der Waals surface area contributed by atoms with Crippen LogP contribution in [0, 0.1) is 20.8 Å². The summed E-state index contributed by atoms with van der Waals surface area (Å²) in [6, 6.07) is 75.6. The Morgan fingerprint density at radius 3 is 0.700 bits per heavy atom. The highest BCUT2D eigenvalue weighted by atomic mass is 15.1. The first-order valence-corrected chi connectivity index (χ1v) is 25.3. The third kappa shape index (κ3) is 7.06. The quantitative estimate of drug-likeness (QED) is 0.131. The Morgan fingerprint density at radius 2 is 0.486 bits per heavy atom. The SMILES string of the molecule is CCc1cc(N(c2cc(CC)c(-c3c4ccccc4cc4ccccc34)cc2C)c2cc(CC)c(-c3c4ccccc4cc4ccccc34)cc2C)c(C)cc1-c1c2ccccc2cc2ccccc12. The van der Waals surface area contributed by atoms with Gasteiger partial charge in [0.25, 0.3) is 0 Å². The maximum atomic E-state index is 2.62. The minimum Gasteiger partial charge on any atom is -0.310 e. The Bertz CT molecular complexity index is 3480. The van der Waals surface area contributed by atoms with Gasteiger partial charge in [0.2, 0.25) is 0 Å². The van der Waals surface area contributed by atoms with Crippen molar-refractivity contribution in [1.82, 2.24) is 0 Å². The topological polar surface area (TPSA) is 3.24 Å². The van der Waals surface area contributed by atoms with Crippen molar-refractivity contribution >= 4 is 81.7 Å². The van der Waals surface area contributed by atoms with E-state index < -0.39 is 0 Å². The highest BCUT2D eigenvalue weighted by molar-refractivity contribution is 6.16. The van der Waals surface area contributed by atoms with Crippen molar-refractivity contribution in [3.05, 3.63) is 234 Å². The number of benzene rings is 12. The smallest absolute Gasteiger partial charge is 0.0494 e. The van der Waals surface area contributed by atoms with Gasteiger partial charge in [0.1, 0.15) is 0 Å². The largest absolute Gasteiger partial charge is 0.310 e. The van der Waals surface area contributed by atoms with Crippen LogP contribution in [0.15, 0.2) is 200 Å². The summed E-state index contributed by atoms with van der Waals surface area (Å²) in [5, 5.41) is 15.4. The number of aryl methyl sites for hydroxylation is 6. The molecule has 0 spiro atoms. The van der Waals surface area contributed by atoms with Gasteiger partial charge in [-0.05, 0) is 226 Å². The average molecular weight is 900 g/mol. The first-order valence-electron chi connectivity index (χ1n) is 25.3. The van der Waals surface area contributed by atoms with Gasteiger partial charge in [-0.15, -0.1) is 0 Å². The van der Waals surface area contributed by atoms with E-state index in [4.69, 9.17) is 0 Å². The molecule has 0 saturated heterocycles. The van der Waals surface area contributed by atoms with Gasteiger partial charge in [-0.1, -0.05) is 166 Å². The zero-order valence-corrected chi connectivity index (χ0v) is 41.1. The number of hydrogen-bond acceptors (Lipinski definition) is 1. The van der Waals surface area contributed by atoms with E-state index in [0.717, 1.165) is 19.3 Å². The zero-order valence-electron chi connectivity index (χ0n) is 41.1. The molecule has 0 aliphatic rings. The third-order valence-electron chi connectivity index (χ3n) is 15.3. The lowest BCUT2D eigenvalue weighted by Crippen LogP contribution is -2.16. The molecular weight excluding hydrogens is 843 g/mol. The van der Waals surface area contributed by atoms with Crippen LogP contribution in [0.25, 0.3) is 98.0 Å². The maximum Gasteiger partial charge on any atom is 0.0494 e. The number of fused-ring (bicyclic) bond motifs is 6. The molecule has 0 heterocycles. The molecular formula is C69H57N. The Morgan fingerprint density at radius 1 is 0.271 bits per heavy atom. The lowest BCUT2D eigenvalue weighted by molar-refractivity contribution is 1.10. The average Bonchev–Trinajstić information content (AvgIpc) is 3.39. The molecule has 70 heavy (non-hydrogen) atoms.